The Morgan fingerprint density at radius 2 is 1.86 bits per heavy atom. The van der Waals surface area contributed by atoms with E-state index in [2.05, 4.69) is 64.6 Å². The molecule has 0 spiro atoms. The molecule has 0 aliphatic carbocycles. The summed E-state index contributed by atoms with van der Waals surface area (Å²) >= 11 is 1.68. The van der Waals surface area contributed by atoms with Gasteiger partial charge in [-0.2, -0.15) is 0 Å². The number of imidazole rings is 1. The number of benzene rings is 1. The maximum atomic E-state index is 6.40. The zero-order valence-electron chi connectivity index (χ0n) is 20.4. The van der Waals surface area contributed by atoms with Crippen LogP contribution in [-0.2, 0) is 6.54 Å². The fourth-order valence-corrected chi connectivity index (χ4v) is 5.05. The highest BCUT2D eigenvalue weighted by molar-refractivity contribution is 7.16. The Hall–Kier alpha value is -4.07. The molecule has 0 saturated carbocycles. The molecular formula is C29H28N6S. The van der Waals surface area contributed by atoms with E-state index < -0.39 is 0 Å². The highest BCUT2D eigenvalue weighted by Gasteiger charge is 2.16. The molecule has 1 aromatic carbocycles. The SMILES string of the molecule is C=C(C)c1ccc(-c2cncc3[nH]c(C(=C)c4cc(-c5cncc(CNCC)c5)ccc4N)nc23)s1. The number of hydrogen-bond donors (Lipinski definition) is 3. The lowest BCUT2D eigenvalue weighted by Gasteiger charge is -2.11. The van der Waals surface area contributed by atoms with Crippen molar-refractivity contribution < 1.29 is 0 Å². The number of nitrogens with two attached hydrogens (primary N) is 1. The molecule has 0 unspecified atom stereocenters. The first-order chi connectivity index (χ1) is 17.4. The van der Waals surface area contributed by atoms with E-state index in [4.69, 9.17) is 10.7 Å². The maximum Gasteiger partial charge on any atom is 0.138 e. The van der Waals surface area contributed by atoms with Crippen molar-refractivity contribution in [1.29, 1.82) is 0 Å². The van der Waals surface area contributed by atoms with Gasteiger partial charge >= 0.3 is 0 Å². The van der Waals surface area contributed by atoms with E-state index >= 15 is 0 Å². The van der Waals surface area contributed by atoms with Crippen LogP contribution < -0.4 is 11.1 Å². The number of hydrogen-bond acceptors (Lipinski definition) is 6. The molecule has 4 N–H and O–H groups in total. The summed E-state index contributed by atoms with van der Waals surface area (Å²) in [6, 6.07) is 12.3. The van der Waals surface area contributed by atoms with Crippen LogP contribution in [0.3, 0.4) is 0 Å². The van der Waals surface area contributed by atoms with Crippen LogP contribution in [0, 0.1) is 0 Å². The second-order valence-electron chi connectivity index (χ2n) is 8.76. The lowest BCUT2D eigenvalue weighted by atomic mass is 9.98. The minimum atomic E-state index is 0.642. The molecule has 6 nitrogen and oxygen atoms in total. The van der Waals surface area contributed by atoms with Crippen LogP contribution in [0.4, 0.5) is 5.69 Å². The molecule has 0 fully saturated rings. The third-order valence-corrected chi connectivity index (χ3v) is 7.34. The second kappa shape index (κ2) is 9.89. The Balaban J connectivity index is 1.51. The smallest absolute Gasteiger partial charge is 0.138 e. The Morgan fingerprint density at radius 3 is 2.64 bits per heavy atom. The molecule has 0 aliphatic heterocycles. The van der Waals surface area contributed by atoms with Gasteiger partial charge in [-0.1, -0.05) is 26.1 Å². The Morgan fingerprint density at radius 1 is 1.03 bits per heavy atom. The molecule has 4 aromatic heterocycles. The molecule has 0 aliphatic rings. The van der Waals surface area contributed by atoms with Crippen LogP contribution in [0.25, 0.3) is 43.7 Å². The van der Waals surface area contributed by atoms with Gasteiger partial charge in [0, 0.05) is 62.8 Å². The molecule has 7 heteroatoms. The predicted octanol–water partition coefficient (Wildman–Crippen LogP) is 6.53. The lowest BCUT2D eigenvalue weighted by Crippen LogP contribution is -2.11. The summed E-state index contributed by atoms with van der Waals surface area (Å²) in [7, 11) is 0. The van der Waals surface area contributed by atoms with Crippen LogP contribution >= 0.6 is 11.3 Å². The summed E-state index contributed by atoms with van der Waals surface area (Å²) in [6.07, 6.45) is 7.40. The number of nitrogens with zero attached hydrogens (tertiary/aromatic N) is 3. The molecule has 0 radical (unpaired) electrons. The first-order valence-electron chi connectivity index (χ1n) is 11.8. The number of thiophene rings is 1. The summed E-state index contributed by atoms with van der Waals surface area (Å²) in [4.78, 5) is 19.4. The van der Waals surface area contributed by atoms with Crippen molar-refractivity contribution in [3.63, 3.8) is 0 Å². The predicted molar refractivity (Wildman–Crippen MR) is 152 cm³/mol. The minimum Gasteiger partial charge on any atom is -0.398 e. The number of pyridine rings is 2. The molecule has 0 atom stereocenters. The van der Waals surface area contributed by atoms with Crippen LogP contribution in [0.2, 0.25) is 0 Å². The number of fused-ring (bicyclic) bond motifs is 1. The van der Waals surface area contributed by atoms with Crippen LogP contribution in [0.5, 0.6) is 0 Å². The largest absolute Gasteiger partial charge is 0.398 e. The molecule has 36 heavy (non-hydrogen) atoms. The first-order valence-corrected chi connectivity index (χ1v) is 12.6. The summed E-state index contributed by atoms with van der Waals surface area (Å²) < 4.78 is 0. The zero-order valence-corrected chi connectivity index (χ0v) is 21.2. The molecule has 0 amide bonds. The second-order valence-corrected chi connectivity index (χ2v) is 9.84. The van der Waals surface area contributed by atoms with E-state index in [-0.39, 0.29) is 0 Å². The molecule has 0 bridgehead atoms. The van der Waals surface area contributed by atoms with E-state index in [0.717, 1.165) is 72.8 Å². The summed E-state index contributed by atoms with van der Waals surface area (Å²) in [6.45, 7) is 14.2. The van der Waals surface area contributed by atoms with Gasteiger partial charge in [0.05, 0.1) is 11.7 Å². The molecule has 0 saturated heterocycles. The van der Waals surface area contributed by atoms with E-state index in [1.165, 1.54) is 0 Å². The fourth-order valence-electron chi connectivity index (χ4n) is 4.10. The van der Waals surface area contributed by atoms with Gasteiger partial charge in [-0.15, -0.1) is 11.3 Å². The third-order valence-electron chi connectivity index (χ3n) is 6.06. The van der Waals surface area contributed by atoms with Crippen LogP contribution in [0.15, 0.2) is 74.3 Å². The topological polar surface area (TPSA) is 92.5 Å². The van der Waals surface area contributed by atoms with E-state index in [9.17, 15) is 0 Å². The Bertz CT molecular complexity index is 1590. The third kappa shape index (κ3) is 4.58. The Kier molecular flexibility index (Phi) is 6.50. The fraction of sp³-hybridized carbons (Fsp3) is 0.138. The number of nitrogens with one attached hydrogen (secondary N) is 2. The minimum absolute atomic E-state index is 0.642. The summed E-state index contributed by atoms with van der Waals surface area (Å²) in [5.41, 5.74) is 15.5. The van der Waals surface area contributed by atoms with Crippen molar-refractivity contribution in [2.24, 2.45) is 0 Å². The molecular weight excluding hydrogens is 464 g/mol. The van der Waals surface area contributed by atoms with Crippen molar-refractivity contribution in [3.8, 4) is 21.6 Å². The number of aromatic nitrogens is 4. The average Bonchev–Trinajstić information content (AvgIpc) is 3.55. The molecule has 180 valence electrons. The Labute approximate surface area is 214 Å². The van der Waals surface area contributed by atoms with Crippen molar-refractivity contribution in [3.05, 3.63) is 96.2 Å². The van der Waals surface area contributed by atoms with Crippen molar-refractivity contribution in [1.82, 2.24) is 25.3 Å². The van der Waals surface area contributed by atoms with Crippen LogP contribution in [0.1, 0.15) is 35.7 Å². The van der Waals surface area contributed by atoms with Gasteiger partial charge in [-0.05, 0) is 60.5 Å². The van der Waals surface area contributed by atoms with Gasteiger partial charge in [-0.3, -0.25) is 9.97 Å². The van der Waals surface area contributed by atoms with E-state index in [0.29, 0.717) is 11.5 Å². The number of allylic oxidation sites excluding steroid dienone is 1. The van der Waals surface area contributed by atoms with Gasteiger partial charge in [0.1, 0.15) is 11.3 Å². The maximum absolute atomic E-state index is 6.40. The van der Waals surface area contributed by atoms with Crippen molar-refractivity contribution >= 4 is 39.2 Å². The molecule has 5 aromatic rings. The number of aromatic amines is 1. The monoisotopic (exact) mass is 492 g/mol. The van der Waals surface area contributed by atoms with Crippen molar-refractivity contribution in [2.75, 3.05) is 12.3 Å². The summed E-state index contributed by atoms with van der Waals surface area (Å²) in [5.74, 6) is 0.666. The zero-order chi connectivity index (χ0) is 25.2. The number of H-pyrrole nitrogens is 1. The van der Waals surface area contributed by atoms with Gasteiger partial charge in [-0.25, -0.2) is 4.98 Å². The normalized spacial score (nSPS) is 11.2. The molecule has 4 heterocycles. The highest BCUT2D eigenvalue weighted by atomic mass is 32.1. The highest BCUT2D eigenvalue weighted by Crippen LogP contribution is 2.36. The van der Waals surface area contributed by atoms with E-state index in [1.54, 1.807) is 17.5 Å². The van der Waals surface area contributed by atoms with Crippen molar-refractivity contribution in [2.45, 2.75) is 20.4 Å². The van der Waals surface area contributed by atoms with Gasteiger partial charge in [0.15, 0.2) is 0 Å². The molecule has 5 rings (SSSR count). The number of anilines is 1. The first kappa shape index (κ1) is 23.7. The number of nitrogen functional groups attached to an aromatic ring is 1. The van der Waals surface area contributed by atoms with E-state index in [1.807, 2.05) is 37.6 Å². The van der Waals surface area contributed by atoms with Gasteiger partial charge < -0.3 is 16.0 Å². The van der Waals surface area contributed by atoms with Gasteiger partial charge in [0.2, 0.25) is 0 Å². The standard InChI is InChI=1S/C29H28N6S/c1-5-31-12-19-10-21(14-32-13-19)20-6-7-24(30)22(11-20)18(4)29-34-25-16-33-15-23(28(25)35-29)27-9-8-26(36-27)17(2)3/h6-11,13-16,31H,2,4-5,12,30H2,1,3H3,(H,34,35). The van der Waals surface area contributed by atoms with Crippen LogP contribution in [-0.4, -0.2) is 26.5 Å². The lowest BCUT2D eigenvalue weighted by molar-refractivity contribution is 0.724. The average molecular weight is 493 g/mol. The van der Waals surface area contributed by atoms with Gasteiger partial charge in [0.25, 0.3) is 0 Å². The quantitative estimate of drug-likeness (QED) is 0.214. The number of rotatable bonds is 8. The summed E-state index contributed by atoms with van der Waals surface area (Å²) in [5, 5.41) is 3.34.